The van der Waals surface area contributed by atoms with Crippen molar-refractivity contribution in [2.45, 2.75) is 102 Å². The normalized spacial score (nSPS) is 20.6. The zero-order valence-corrected chi connectivity index (χ0v) is 33.8. The number of phosphoric acid groups is 1. The topological polar surface area (TPSA) is 170 Å². The van der Waals surface area contributed by atoms with Crippen LogP contribution in [0.4, 0.5) is 8.78 Å². The molecule has 0 aliphatic heterocycles. The van der Waals surface area contributed by atoms with E-state index < -0.39 is 67.3 Å². The number of amides is 2. The number of rotatable bonds is 16. The Kier molecular flexibility index (Phi) is 13.5. The summed E-state index contributed by atoms with van der Waals surface area (Å²) in [6.07, 6.45) is 1.45. The SMILES string of the molecule is Cc1cc(C)c(C(C)(C)CC(=O)OCO[C@H]2CC3(NC(=O)COc4ccc(Cl)c(F)c4)CCC2(NC(=O)CCc2ccc(Cl)c(F)c2)CC3)c(OP(=O)(O)O)c1. The minimum atomic E-state index is -4.91. The zero-order valence-electron chi connectivity index (χ0n) is 31.4. The summed E-state index contributed by atoms with van der Waals surface area (Å²) >= 11 is 11.6. The van der Waals surface area contributed by atoms with Crippen molar-refractivity contribution in [3.63, 3.8) is 0 Å². The Morgan fingerprint density at radius 1 is 0.929 bits per heavy atom. The third-order valence-corrected chi connectivity index (χ3v) is 11.4. The Morgan fingerprint density at radius 3 is 2.23 bits per heavy atom. The van der Waals surface area contributed by atoms with Gasteiger partial charge in [-0.3, -0.25) is 24.2 Å². The molecule has 0 saturated heterocycles. The minimum absolute atomic E-state index is 0.0179. The first kappa shape index (κ1) is 43.3. The van der Waals surface area contributed by atoms with Crippen LogP contribution < -0.4 is 19.9 Å². The Hall–Kier alpha value is -3.78. The second kappa shape index (κ2) is 17.4. The van der Waals surface area contributed by atoms with Gasteiger partial charge < -0.3 is 29.4 Å². The van der Waals surface area contributed by atoms with Gasteiger partial charge in [0.25, 0.3) is 5.91 Å². The lowest BCUT2D eigenvalue weighted by Crippen LogP contribution is -2.71. The van der Waals surface area contributed by atoms with Gasteiger partial charge in [0.1, 0.15) is 23.1 Å². The van der Waals surface area contributed by atoms with Crippen molar-refractivity contribution in [3.8, 4) is 11.5 Å². The quantitative estimate of drug-likeness (QED) is 0.0652. The van der Waals surface area contributed by atoms with Gasteiger partial charge in [-0.25, -0.2) is 13.3 Å². The molecule has 2 amide bonds. The molecule has 0 spiro atoms. The summed E-state index contributed by atoms with van der Waals surface area (Å²) in [7, 11) is -4.91. The number of nitrogens with one attached hydrogen (secondary N) is 2. The molecular formula is C39H45Cl2F2N2O10P. The summed E-state index contributed by atoms with van der Waals surface area (Å²) in [5.74, 6) is -2.59. The highest BCUT2D eigenvalue weighted by molar-refractivity contribution is 7.46. The Bertz CT molecular complexity index is 2020. The third-order valence-electron chi connectivity index (χ3n) is 10.4. The molecule has 56 heavy (non-hydrogen) atoms. The molecule has 17 heteroatoms. The fourth-order valence-corrected chi connectivity index (χ4v) is 8.50. The van der Waals surface area contributed by atoms with E-state index in [9.17, 15) is 37.5 Å². The van der Waals surface area contributed by atoms with Crippen LogP contribution in [0.3, 0.4) is 0 Å². The average molecular weight is 842 g/mol. The number of esters is 1. The largest absolute Gasteiger partial charge is 0.524 e. The van der Waals surface area contributed by atoms with Gasteiger partial charge in [0.05, 0.1) is 28.1 Å². The molecule has 12 nitrogen and oxygen atoms in total. The van der Waals surface area contributed by atoms with Gasteiger partial charge in [0.15, 0.2) is 13.4 Å². The van der Waals surface area contributed by atoms with Gasteiger partial charge >= 0.3 is 13.8 Å². The molecule has 0 radical (unpaired) electrons. The average Bonchev–Trinajstić information content (AvgIpc) is 3.08. The van der Waals surface area contributed by atoms with Gasteiger partial charge in [-0.15, -0.1) is 0 Å². The number of carbonyl (C=O) groups is 3. The van der Waals surface area contributed by atoms with Crippen molar-refractivity contribution < 1.29 is 56.3 Å². The van der Waals surface area contributed by atoms with Crippen LogP contribution in [0, 0.1) is 25.5 Å². The first-order valence-corrected chi connectivity index (χ1v) is 20.2. The van der Waals surface area contributed by atoms with E-state index >= 15 is 0 Å². The lowest BCUT2D eigenvalue weighted by molar-refractivity contribution is -0.180. The van der Waals surface area contributed by atoms with Gasteiger partial charge in [0, 0.05) is 29.0 Å². The minimum Gasteiger partial charge on any atom is -0.484 e. The van der Waals surface area contributed by atoms with Crippen molar-refractivity contribution >= 4 is 48.8 Å². The second-order valence-corrected chi connectivity index (χ2v) is 17.2. The predicted molar refractivity (Wildman–Crippen MR) is 204 cm³/mol. The van der Waals surface area contributed by atoms with Crippen LogP contribution in [0.15, 0.2) is 48.5 Å². The number of carbonyl (C=O) groups excluding carboxylic acids is 3. The maximum Gasteiger partial charge on any atom is 0.524 e. The third kappa shape index (κ3) is 11.0. The fraction of sp³-hybridized carbons (Fsp3) is 0.462. The molecule has 4 N–H and O–H groups in total. The molecule has 3 saturated carbocycles. The number of halogens is 4. The number of ether oxygens (including phenoxy) is 3. The maximum absolute atomic E-state index is 14.0. The van der Waals surface area contributed by atoms with Crippen LogP contribution >= 0.6 is 31.0 Å². The molecule has 0 aromatic heterocycles. The predicted octanol–water partition coefficient (Wildman–Crippen LogP) is 7.31. The number of aryl methyl sites for hydroxylation is 3. The van der Waals surface area contributed by atoms with E-state index in [0.717, 1.165) is 6.07 Å². The van der Waals surface area contributed by atoms with Gasteiger partial charge in [0.2, 0.25) is 5.91 Å². The number of fused-ring (bicyclic) bond motifs is 3. The molecule has 6 rings (SSSR count). The van der Waals surface area contributed by atoms with E-state index in [-0.39, 0.29) is 53.1 Å². The lowest BCUT2D eigenvalue weighted by atomic mass is 9.59. The van der Waals surface area contributed by atoms with Crippen molar-refractivity contribution in [2.24, 2.45) is 0 Å². The molecule has 3 aromatic carbocycles. The van der Waals surface area contributed by atoms with Crippen LogP contribution in [0.2, 0.25) is 10.0 Å². The molecular weight excluding hydrogens is 796 g/mol. The van der Waals surface area contributed by atoms with E-state index in [1.54, 1.807) is 33.8 Å². The van der Waals surface area contributed by atoms with E-state index in [1.165, 1.54) is 30.3 Å². The van der Waals surface area contributed by atoms with Gasteiger partial charge in [-0.1, -0.05) is 49.2 Å². The molecule has 1 atom stereocenters. The number of phosphoric ester groups is 1. The molecule has 304 valence electrons. The Balaban J connectivity index is 1.26. The Labute approximate surface area is 333 Å². The smallest absolute Gasteiger partial charge is 0.484 e. The van der Waals surface area contributed by atoms with Crippen molar-refractivity contribution in [3.05, 3.63) is 92.5 Å². The monoisotopic (exact) mass is 840 g/mol. The summed E-state index contributed by atoms with van der Waals surface area (Å²) in [6, 6.07) is 11.5. The van der Waals surface area contributed by atoms with E-state index in [1.807, 2.05) is 6.07 Å². The second-order valence-electron chi connectivity index (χ2n) is 15.2. The van der Waals surface area contributed by atoms with Crippen molar-refractivity contribution in [1.29, 1.82) is 0 Å². The molecule has 2 bridgehead atoms. The fourth-order valence-electron chi connectivity index (χ4n) is 7.87. The molecule has 3 fully saturated rings. The number of hydrogen-bond donors (Lipinski definition) is 4. The van der Waals surface area contributed by atoms with Crippen molar-refractivity contribution in [2.75, 3.05) is 13.4 Å². The summed E-state index contributed by atoms with van der Waals surface area (Å²) < 4.78 is 61.9. The highest BCUT2D eigenvalue weighted by Crippen LogP contribution is 2.49. The number of hydrogen-bond acceptors (Lipinski definition) is 8. The van der Waals surface area contributed by atoms with E-state index in [4.69, 9.17) is 41.9 Å². The number of benzene rings is 3. The summed E-state index contributed by atoms with van der Waals surface area (Å²) in [4.78, 5) is 58.8. The summed E-state index contributed by atoms with van der Waals surface area (Å²) in [5, 5.41) is 6.10. The van der Waals surface area contributed by atoms with Crippen LogP contribution in [0.25, 0.3) is 0 Å². The highest BCUT2D eigenvalue weighted by Gasteiger charge is 2.56. The first-order chi connectivity index (χ1) is 26.2. The molecule has 3 aliphatic rings. The summed E-state index contributed by atoms with van der Waals surface area (Å²) in [6.45, 7) is 6.07. The van der Waals surface area contributed by atoms with Crippen molar-refractivity contribution in [1.82, 2.24) is 10.6 Å². The van der Waals surface area contributed by atoms with Crippen LogP contribution in [-0.4, -0.2) is 58.2 Å². The van der Waals surface area contributed by atoms with Gasteiger partial charge in [-0.2, -0.15) is 0 Å². The first-order valence-electron chi connectivity index (χ1n) is 18.0. The van der Waals surface area contributed by atoms with Crippen LogP contribution in [0.1, 0.15) is 81.0 Å². The molecule has 3 aliphatic carbocycles. The van der Waals surface area contributed by atoms with E-state index in [2.05, 4.69) is 10.6 Å². The summed E-state index contributed by atoms with van der Waals surface area (Å²) in [5.41, 5.74) is -0.195. The zero-order chi connectivity index (χ0) is 41.1. The lowest BCUT2D eigenvalue weighted by Gasteiger charge is -2.57. The van der Waals surface area contributed by atoms with Crippen LogP contribution in [0.5, 0.6) is 11.5 Å². The maximum atomic E-state index is 14.0. The molecule has 3 aromatic rings. The standard InChI is InChI=1S/C39H45Cl2F2N2O10P/c1-23-15-24(2)36(31(16-23)55-56(49,50)51)37(3,4)20-35(48)54-22-53-32-19-38(44-34(47)21-52-26-7-9-28(41)30(43)18-26)11-13-39(32,14-12-38)45-33(46)10-6-25-5-8-27(40)29(42)17-25/h5,7-9,15-18,32H,6,10-14,19-22H2,1-4H3,(H,44,47)(H,45,46)(H2,49,50,51)/t32-,38?,39?/m0/s1. The van der Waals surface area contributed by atoms with Gasteiger partial charge in [-0.05, 0) is 99.4 Å². The molecule has 0 heterocycles. The molecule has 0 unspecified atom stereocenters. The van der Waals surface area contributed by atoms with E-state index in [0.29, 0.717) is 47.9 Å². The highest BCUT2D eigenvalue weighted by atomic mass is 35.5. The Morgan fingerprint density at radius 2 is 1.59 bits per heavy atom. The van der Waals surface area contributed by atoms with Crippen LogP contribution in [-0.2, 0) is 40.3 Å².